The number of imidazole rings is 1. The van der Waals surface area contributed by atoms with Crippen LogP contribution in [-0.2, 0) is 0 Å². The van der Waals surface area contributed by atoms with E-state index in [1.54, 1.807) is 41.1 Å². The van der Waals surface area contributed by atoms with Gasteiger partial charge in [-0.3, -0.25) is 9.20 Å². The van der Waals surface area contributed by atoms with E-state index >= 15 is 0 Å². The molecular weight excluding hydrogens is 431 g/mol. The Labute approximate surface area is 188 Å². The SMILES string of the molecule is C=Cc1cc(NCCC(F)(F)F)c2ncc(-c3ccc(C(=O)NC4(C#N)CC4)c(C)c3)n2c1. The minimum Gasteiger partial charge on any atom is -0.382 e. The average Bonchev–Trinajstić information content (AvgIpc) is 3.40. The lowest BCUT2D eigenvalue weighted by Crippen LogP contribution is -2.35. The molecule has 3 aromatic rings. The van der Waals surface area contributed by atoms with Gasteiger partial charge in [-0.2, -0.15) is 18.4 Å². The lowest BCUT2D eigenvalue weighted by atomic mass is 10.0. The minimum atomic E-state index is -4.25. The molecule has 0 atom stereocenters. The van der Waals surface area contributed by atoms with E-state index in [9.17, 15) is 23.2 Å². The van der Waals surface area contributed by atoms with Crippen molar-refractivity contribution in [2.45, 2.75) is 37.9 Å². The number of rotatable bonds is 7. The van der Waals surface area contributed by atoms with Crippen molar-refractivity contribution in [1.29, 1.82) is 5.26 Å². The van der Waals surface area contributed by atoms with Crippen molar-refractivity contribution >= 4 is 23.3 Å². The van der Waals surface area contributed by atoms with Crippen LogP contribution in [0.25, 0.3) is 23.0 Å². The Morgan fingerprint density at radius 1 is 1.36 bits per heavy atom. The summed E-state index contributed by atoms with van der Waals surface area (Å²) in [7, 11) is 0. The van der Waals surface area contributed by atoms with Crippen molar-refractivity contribution < 1.29 is 18.0 Å². The van der Waals surface area contributed by atoms with Gasteiger partial charge >= 0.3 is 6.18 Å². The molecule has 2 heterocycles. The van der Waals surface area contributed by atoms with Crippen LogP contribution in [0.5, 0.6) is 0 Å². The van der Waals surface area contributed by atoms with Crippen molar-refractivity contribution in [2.24, 2.45) is 0 Å². The van der Waals surface area contributed by atoms with Gasteiger partial charge in [-0.15, -0.1) is 0 Å². The smallest absolute Gasteiger partial charge is 0.382 e. The molecule has 0 saturated heterocycles. The van der Waals surface area contributed by atoms with Crippen molar-refractivity contribution in [2.75, 3.05) is 11.9 Å². The molecule has 1 fully saturated rings. The number of aryl methyl sites for hydroxylation is 1. The molecule has 1 saturated carbocycles. The van der Waals surface area contributed by atoms with E-state index in [4.69, 9.17) is 0 Å². The number of halogens is 3. The predicted molar refractivity (Wildman–Crippen MR) is 120 cm³/mol. The maximum atomic E-state index is 12.6. The number of nitriles is 1. The molecule has 6 nitrogen and oxygen atoms in total. The fourth-order valence-corrected chi connectivity index (χ4v) is 3.65. The molecule has 1 aromatic carbocycles. The highest BCUT2D eigenvalue weighted by atomic mass is 19.4. The summed E-state index contributed by atoms with van der Waals surface area (Å²) in [4.78, 5) is 17.0. The molecule has 9 heteroatoms. The zero-order chi connectivity index (χ0) is 23.8. The van der Waals surface area contributed by atoms with Crippen LogP contribution in [0.15, 0.2) is 43.2 Å². The van der Waals surface area contributed by atoms with Gasteiger partial charge in [-0.1, -0.05) is 18.7 Å². The third-order valence-electron chi connectivity index (χ3n) is 5.67. The number of benzene rings is 1. The number of aromatic nitrogens is 2. The Morgan fingerprint density at radius 3 is 2.73 bits per heavy atom. The van der Waals surface area contributed by atoms with E-state index in [-0.39, 0.29) is 12.5 Å². The fraction of sp³-hybridized carbons (Fsp3) is 0.292. The van der Waals surface area contributed by atoms with Crippen LogP contribution in [-0.4, -0.2) is 33.6 Å². The first kappa shape index (κ1) is 22.4. The highest BCUT2D eigenvalue weighted by molar-refractivity contribution is 5.97. The lowest BCUT2D eigenvalue weighted by Gasteiger charge is -2.13. The Kier molecular flexibility index (Phi) is 5.62. The van der Waals surface area contributed by atoms with E-state index in [2.05, 4.69) is 28.3 Å². The number of alkyl halides is 3. The number of pyridine rings is 1. The van der Waals surface area contributed by atoms with Crippen molar-refractivity contribution in [3.8, 4) is 17.3 Å². The van der Waals surface area contributed by atoms with Gasteiger partial charge in [-0.25, -0.2) is 4.98 Å². The highest BCUT2D eigenvalue weighted by Crippen LogP contribution is 2.35. The van der Waals surface area contributed by atoms with Gasteiger partial charge in [-0.05, 0) is 49.1 Å². The lowest BCUT2D eigenvalue weighted by molar-refractivity contribution is -0.131. The van der Waals surface area contributed by atoms with Gasteiger partial charge < -0.3 is 10.6 Å². The van der Waals surface area contributed by atoms with Gasteiger partial charge in [0.1, 0.15) is 5.54 Å². The summed E-state index contributed by atoms with van der Waals surface area (Å²) >= 11 is 0. The predicted octanol–water partition coefficient (Wildman–Crippen LogP) is 5.10. The standard InChI is InChI=1S/C24H22F3N5O/c1-3-16-11-19(29-9-8-24(25,26)27)21-30-12-20(32(21)13-16)17-4-5-18(15(2)10-17)22(33)31-23(14-28)6-7-23/h3-5,10-13,29H,1,6-9H2,2H3,(H,31,33). The molecule has 2 N–H and O–H groups in total. The minimum absolute atomic E-state index is 0.269. The Bertz CT molecular complexity index is 1280. The maximum absolute atomic E-state index is 12.6. The van der Waals surface area contributed by atoms with E-state index in [1.807, 2.05) is 13.0 Å². The maximum Gasteiger partial charge on any atom is 0.390 e. The van der Waals surface area contributed by atoms with Crippen molar-refractivity contribution in [3.05, 3.63) is 59.9 Å². The number of amides is 1. The molecule has 4 rings (SSSR count). The molecule has 1 aliphatic carbocycles. The van der Waals surface area contributed by atoms with Gasteiger partial charge in [0.15, 0.2) is 5.65 Å². The molecule has 33 heavy (non-hydrogen) atoms. The fourth-order valence-electron chi connectivity index (χ4n) is 3.65. The Hall–Kier alpha value is -3.80. The second-order valence-corrected chi connectivity index (χ2v) is 8.20. The summed E-state index contributed by atoms with van der Waals surface area (Å²) in [6.07, 6.45) is 1.15. The number of hydrogen-bond donors (Lipinski definition) is 2. The first-order valence-electron chi connectivity index (χ1n) is 10.4. The summed E-state index contributed by atoms with van der Waals surface area (Å²) < 4.78 is 39.5. The van der Waals surface area contributed by atoms with E-state index in [1.165, 1.54) is 0 Å². The Morgan fingerprint density at radius 2 is 2.12 bits per heavy atom. The highest BCUT2D eigenvalue weighted by Gasteiger charge is 2.44. The van der Waals surface area contributed by atoms with Gasteiger partial charge in [0.05, 0.1) is 30.1 Å². The van der Waals surface area contributed by atoms with Crippen LogP contribution in [0.2, 0.25) is 0 Å². The Balaban J connectivity index is 1.65. The van der Waals surface area contributed by atoms with Crippen LogP contribution < -0.4 is 10.6 Å². The first-order valence-corrected chi connectivity index (χ1v) is 10.4. The van der Waals surface area contributed by atoms with E-state index in [0.29, 0.717) is 29.7 Å². The van der Waals surface area contributed by atoms with E-state index in [0.717, 1.165) is 22.4 Å². The number of carbonyl (C=O) groups is 1. The molecule has 170 valence electrons. The van der Waals surface area contributed by atoms with Gasteiger partial charge in [0.2, 0.25) is 0 Å². The van der Waals surface area contributed by atoms with Crippen molar-refractivity contribution in [1.82, 2.24) is 14.7 Å². The second kappa shape index (κ2) is 8.28. The average molecular weight is 453 g/mol. The zero-order valence-electron chi connectivity index (χ0n) is 18.0. The number of nitrogens with zero attached hydrogens (tertiary/aromatic N) is 3. The molecule has 2 aromatic heterocycles. The molecular formula is C24H22F3N5O. The largest absolute Gasteiger partial charge is 0.390 e. The van der Waals surface area contributed by atoms with Crippen LogP contribution in [0, 0.1) is 18.3 Å². The van der Waals surface area contributed by atoms with Crippen LogP contribution in [0.3, 0.4) is 0 Å². The quantitative estimate of drug-likeness (QED) is 0.521. The topological polar surface area (TPSA) is 82.2 Å². The summed E-state index contributed by atoms with van der Waals surface area (Å²) in [5.41, 5.74) is 3.66. The van der Waals surface area contributed by atoms with Crippen molar-refractivity contribution in [3.63, 3.8) is 0 Å². The number of nitrogens with one attached hydrogen (secondary N) is 2. The van der Waals surface area contributed by atoms with E-state index < -0.39 is 18.1 Å². The summed E-state index contributed by atoms with van der Waals surface area (Å²) in [6.45, 7) is 5.31. The number of carbonyl (C=O) groups excluding carboxylic acids is 1. The first-order chi connectivity index (χ1) is 15.6. The van der Waals surface area contributed by atoms with Gasteiger partial charge in [0, 0.05) is 23.9 Å². The molecule has 0 bridgehead atoms. The molecule has 0 radical (unpaired) electrons. The summed E-state index contributed by atoms with van der Waals surface area (Å²) in [5.74, 6) is -0.290. The molecule has 0 unspecified atom stereocenters. The number of anilines is 1. The normalized spacial score (nSPS) is 14.5. The molecule has 0 spiro atoms. The summed E-state index contributed by atoms with van der Waals surface area (Å²) in [5, 5.41) is 14.8. The van der Waals surface area contributed by atoms with Crippen LogP contribution in [0.4, 0.5) is 18.9 Å². The number of hydrogen-bond acceptors (Lipinski definition) is 4. The third-order valence-corrected chi connectivity index (χ3v) is 5.67. The summed E-state index contributed by atoms with van der Waals surface area (Å²) in [6, 6.07) is 9.19. The monoisotopic (exact) mass is 453 g/mol. The number of fused-ring (bicyclic) bond motifs is 1. The molecule has 0 aliphatic heterocycles. The second-order valence-electron chi connectivity index (χ2n) is 8.20. The van der Waals surface area contributed by atoms with Gasteiger partial charge in [0.25, 0.3) is 5.91 Å². The van der Waals surface area contributed by atoms with Crippen LogP contribution >= 0.6 is 0 Å². The molecule has 1 aliphatic rings. The zero-order valence-corrected chi connectivity index (χ0v) is 18.0. The third kappa shape index (κ3) is 4.70. The van der Waals surface area contributed by atoms with Crippen LogP contribution in [0.1, 0.15) is 40.7 Å². The molecule has 1 amide bonds.